The summed E-state index contributed by atoms with van der Waals surface area (Å²) in [4.78, 5) is 13.7. The molecule has 3 rings (SSSR count). The van der Waals surface area contributed by atoms with Gasteiger partial charge in [-0.1, -0.05) is 24.3 Å². The number of piperidine rings is 1. The first kappa shape index (κ1) is 21.2. The van der Waals surface area contributed by atoms with Crippen LogP contribution in [-0.4, -0.2) is 23.9 Å². The monoisotopic (exact) mass is 405 g/mol. The molecule has 0 saturated carbocycles. The van der Waals surface area contributed by atoms with Crippen LogP contribution in [0, 0.1) is 5.92 Å². The van der Waals surface area contributed by atoms with Gasteiger partial charge in [-0.05, 0) is 61.7 Å². The van der Waals surface area contributed by atoms with E-state index in [4.69, 9.17) is 5.73 Å². The van der Waals surface area contributed by atoms with Crippen molar-refractivity contribution in [2.75, 3.05) is 18.4 Å². The van der Waals surface area contributed by atoms with E-state index in [0.717, 1.165) is 36.7 Å². The molecular formula is C22H26F3N3O. The van der Waals surface area contributed by atoms with Crippen LogP contribution in [0.1, 0.15) is 42.5 Å². The van der Waals surface area contributed by atoms with E-state index >= 15 is 0 Å². The van der Waals surface area contributed by atoms with Crippen LogP contribution in [0.4, 0.5) is 18.9 Å². The van der Waals surface area contributed by atoms with E-state index in [9.17, 15) is 18.0 Å². The third kappa shape index (κ3) is 5.73. The SMILES string of the molecule is CC(Nc1cccc(CN2CCCC(C(N)=O)C2)c1)c1cccc(C(F)(F)F)c1. The van der Waals surface area contributed by atoms with Gasteiger partial charge in [0.15, 0.2) is 0 Å². The lowest BCUT2D eigenvalue weighted by Gasteiger charge is -2.31. The Labute approximate surface area is 168 Å². The van der Waals surface area contributed by atoms with Crippen LogP contribution < -0.4 is 11.1 Å². The molecule has 0 aliphatic carbocycles. The molecule has 3 N–H and O–H groups in total. The van der Waals surface area contributed by atoms with Crippen LogP contribution in [0.2, 0.25) is 0 Å². The smallest absolute Gasteiger partial charge is 0.379 e. The number of primary amides is 1. The maximum absolute atomic E-state index is 13.0. The van der Waals surface area contributed by atoms with E-state index in [2.05, 4.69) is 10.2 Å². The Bertz CT molecular complexity index is 853. The molecule has 1 amide bonds. The second-order valence-electron chi connectivity index (χ2n) is 7.67. The zero-order chi connectivity index (χ0) is 21.0. The Balaban J connectivity index is 1.66. The molecule has 1 aliphatic rings. The molecule has 4 nitrogen and oxygen atoms in total. The molecule has 2 unspecified atom stereocenters. The first-order chi connectivity index (χ1) is 13.7. The van der Waals surface area contributed by atoms with Crippen molar-refractivity contribution in [1.29, 1.82) is 0 Å². The van der Waals surface area contributed by atoms with Crippen LogP contribution in [0.15, 0.2) is 48.5 Å². The fraction of sp³-hybridized carbons (Fsp3) is 0.409. The van der Waals surface area contributed by atoms with Crippen molar-refractivity contribution < 1.29 is 18.0 Å². The molecule has 1 heterocycles. The van der Waals surface area contributed by atoms with Crippen LogP contribution in [0.3, 0.4) is 0 Å². The quantitative estimate of drug-likeness (QED) is 0.740. The standard InChI is InChI=1S/C22H26F3N3O/c1-15(17-6-3-8-19(12-17)22(23,24)25)27-20-9-2-5-16(11-20)13-28-10-4-7-18(14-28)21(26)29/h2-3,5-6,8-9,11-12,15,18,27H,4,7,10,13-14H2,1H3,(H2,26,29). The lowest BCUT2D eigenvalue weighted by Crippen LogP contribution is -2.40. The van der Waals surface area contributed by atoms with Crippen molar-refractivity contribution in [3.05, 3.63) is 65.2 Å². The van der Waals surface area contributed by atoms with Crippen molar-refractivity contribution in [2.45, 2.75) is 38.5 Å². The minimum absolute atomic E-state index is 0.106. The number of benzene rings is 2. The summed E-state index contributed by atoms with van der Waals surface area (Å²) < 4.78 is 38.9. The third-order valence-electron chi connectivity index (χ3n) is 5.34. The van der Waals surface area contributed by atoms with Gasteiger partial charge in [0.05, 0.1) is 11.5 Å². The lowest BCUT2D eigenvalue weighted by atomic mass is 9.97. The highest BCUT2D eigenvalue weighted by atomic mass is 19.4. The van der Waals surface area contributed by atoms with Crippen molar-refractivity contribution >= 4 is 11.6 Å². The molecule has 7 heteroatoms. The van der Waals surface area contributed by atoms with Gasteiger partial charge >= 0.3 is 6.18 Å². The maximum Gasteiger partial charge on any atom is 0.416 e. The van der Waals surface area contributed by atoms with Crippen LogP contribution in [-0.2, 0) is 17.5 Å². The highest BCUT2D eigenvalue weighted by molar-refractivity contribution is 5.76. The number of nitrogens with zero attached hydrogens (tertiary/aromatic N) is 1. The zero-order valence-corrected chi connectivity index (χ0v) is 16.4. The van der Waals surface area contributed by atoms with E-state index in [-0.39, 0.29) is 17.9 Å². The fourth-order valence-electron chi connectivity index (χ4n) is 3.77. The third-order valence-corrected chi connectivity index (χ3v) is 5.34. The topological polar surface area (TPSA) is 58.4 Å². The van der Waals surface area contributed by atoms with Gasteiger partial charge in [0.1, 0.15) is 0 Å². The summed E-state index contributed by atoms with van der Waals surface area (Å²) in [5, 5.41) is 3.28. The number of carbonyl (C=O) groups excluding carboxylic acids is 1. The number of nitrogens with two attached hydrogens (primary N) is 1. The van der Waals surface area contributed by atoms with Crippen LogP contribution >= 0.6 is 0 Å². The van der Waals surface area contributed by atoms with E-state index in [1.165, 1.54) is 12.1 Å². The first-order valence-electron chi connectivity index (χ1n) is 9.76. The number of anilines is 1. The number of halogens is 3. The predicted octanol–water partition coefficient (Wildman–Crippen LogP) is 4.58. The second kappa shape index (κ2) is 8.86. The molecule has 0 spiro atoms. The molecule has 156 valence electrons. The Hall–Kier alpha value is -2.54. The normalized spacial score (nSPS) is 19.0. The fourth-order valence-corrected chi connectivity index (χ4v) is 3.77. The molecular weight excluding hydrogens is 379 g/mol. The number of nitrogens with one attached hydrogen (secondary N) is 1. The van der Waals surface area contributed by atoms with Crippen LogP contribution in [0.25, 0.3) is 0 Å². The van der Waals surface area contributed by atoms with Gasteiger partial charge in [0.2, 0.25) is 5.91 Å². The van der Waals surface area contributed by atoms with E-state index in [0.29, 0.717) is 18.7 Å². The molecule has 1 aliphatic heterocycles. The lowest BCUT2D eigenvalue weighted by molar-refractivity contribution is -0.137. The molecule has 2 atom stereocenters. The molecule has 0 radical (unpaired) electrons. The highest BCUT2D eigenvalue weighted by Crippen LogP contribution is 2.31. The molecule has 2 aromatic carbocycles. The predicted molar refractivity (Wildman–Crippen MR) is 107 cm³/mol. The highest BCUT2D eigenvalue weighted by Gasteiger charge is 2.30. The van der Waals surface area contributed by atoms with E-state index in [1.807, 2.05) is 31.2 Å². The van der Waals surface area contributed by atoms with Gasteiger partial charge in [0, 0.05) is 24.8 Å². The Morgan fingerprint density at radius 1 is 1.24 bits per heavy atom. The molecule has 0 aromatic heterocycles. The van der Waals surface area contributed by atoms with Crippen molar-refractivity contribution in [1.82, 2.24) is 4.90 Å². The zero-order valence-electron chi connectivity index (χ0n) is 16.4. The Morgan fingerprint density at radius 3 is 2.72 bits per heavy atom. The number of alkyl halides is 3. The number of rotatable bonds is 6. The Morgan fingerprint density at radius 2 is 2.00 bits per heavy atom. The van der Waals surface area contributed by atoms with Gasteiger partial charge in [-0.3, -0.25) is 9.69 Å². The van der Waals surface area contributed by atoms with Gasteiger partial charge in [-0.15, -0.1) is 0 Å². The number of carbonyl (C=O) groups is 1. The molecule has 2 aromatic rings. The average molecular weight is 405 g/mol. The summed E-state index contributed by atoms with van der Waals surface area (Å²) in [7, 11) is 0. The van der Waals surface area contributed by atoms with Gasteiger partial charge < -0.3 is 11.1 Å². The van der Waals surface area contributed by atoms with E-state index < -0.39 is 11.7 Å². The van der Waals surface area contributed by atoms with Crippen molar-refractivity contribution in [3.8, 4) is 0 Å². The summed E-state index contributed by atoms with van der Waals surface area (Å²) >= 11 is 0. The average Bonchev–Trinajstić information content (AvgIpc) is 2.68. The van der Waals surface area contributed by atoms with E-state index in [1.54, 1.807) is 6.07 Å². The molecule has 1 fully saturated rings. The van der Waals surface area contributed by atoms with Gasteiger partial charge in [-0.2, -0.15) is 13.2 Å². The Kier molecular flexibility index (Phi) is 6.47. The second-order valence-corrected chi connectivity index (χ2v) is 7.67. The molecule has 29 heavy (non-hydrogen) atoms. The summed E-state index contributed by atoms with van der Waals surface area (Å²) in [5.74, 6) is -0.356. The van der Waals surface area contributed by atoms with Gasteiger partial charge in [0.25, 0.3) is 0 Å². The van der Waals surface area contributed by atoms with Crippen LogP contribution in [0.5, 0.6) is 0 Å². The maximum atomic E-state index is 13.0. The minimum Gasteiger partial charge on any atom is -0.379 e. The molecule has 0 bridgehead atoms. The largest absolute Gasteiger partial charge is 0.416 e. The number of likely N-dealkylation sites (tertiary alicyclic amines) is 1. The van der Waals surface area contributed by atoms with Crippen molar-refractivity contribution in [3.63, 3.8) is 0 Å². The summed E-state index contributed by atoms with van der Waals surface area (Å²) in [6, 6.07) is 12.9. The number of hydrogen-bond donors (Lipinski definition) is 2. The minimum atomic E-state index is -4.35. The van der Waals surface area contributed by atoms with Gasteiger partial charge in [-0.25, -0.2) is 0 Å². The van der Waals surface area contributed by atoms with Crippen molar-refractivity contribution in [2.24, 2.45) is 11.7 Å². The summed E-state index contributed by atoms with van der Waals surface area (Å²) in [6.45, 7) is 4.12. The number of hydrogen-bond acceptors (Lipinski definition) is 3. The summed E-state index contributed by atoms with van der Waals surface area (Å²) in [5.41, 5.74) is 7.30. The molecule has 1 saturated heterocycles. The number of amides is 1. The summed E-state index contributed by atoms with van der Waals surface area (Å²) in [6.07, 6.45) is -2.58. The first-order valence-corrected chi connectivity index (χ1v) is 9.76.